The topological polar surface area (TPSA) is 60.0 Å². The Kier molecular flexibility index (Phi) is 6.70. The lowest BCUT2D eigenvalue weighted by Gasteiger charge is -2.26. The van der Waals surface area contributed by atoms with Crippen LogP contribution in [0.1, 0.15) is 43.2 Å². The zero-order chi connectivity index (χ0) is 24.5. The molecule has 6 nitrogen and oxygen atoms in total. The third kappa shape index (κ3) is 5.44. The molecule has 0 bridgehead atoms. The molecule has 34 heavy (non-hydrogen) atoms. The molecule has 0 saturated carbocycles. The van der Waals surface area contributed by atoms with Crippen molar-refractivity contribution in [2.45, 2.75) is 45.4 Å². The molecule has 2 aromatic carbocycles. The van der Waals surface area contributed by atoms with Crippen molar-refractivity contribution >= 4 is 5.97 Å². The molecule has 0 amide bonds. The number of nitrogens with one attached hydrogen (secondary N) is 1. The van der Waals surface area contributed by atoms with Gasteiger partial charge in [-0.2, -0.15) is 13.2 Å². The predicted octanol–water partition coefficient (Wildman–Crippen LogP) is 5.07. The van der Waals surface area contributed by atoms with Gasteiger partial charge in [-0.15, -0.1) is 0 Å². The van der Waals surface area contributed by atoms with Gasteiger partial charge in [0.05, 0.1) is 29.9 Å². The third-order valence-corrected chi connectivity index (χ3v) is 5.46. The normalized spacial score (nSPS) is 20.0. The average molecular weight is 480 g/mol. The minimum absolute atomic E-state index is 0.00497. The maximum Gasteiger partial charge on any atom is 0.416 e. The lowest BCUT2D eigenvalue weighted by molar-refractivity contribution is -0.185. The van der Waals surface area contributed by atoms with E-state index in [1.165, 1.54) is 29.3 Å². The van der Waals surface area contributed by atoms with Crippen molar-refractivity contribution in [2.24, 2.45) is 5.92 Å². The highest BCUT2D eigenvalue weighted by Gasteiger charge is 2.35. The molecule has 1 fully saturated rings. The lowest BCUT2D eigenvalue weighted by atomic mass is 10.1. The number of rotatable bonds is 6. The minimum atomic E-state index is -4.40. The molecule has 2 aliphatic rings. The molecule has 10 heteroatoms. The van der Waals surface area contributed by atoms with E-state index in [4.69, 9.17) is 14.3 Å². The van der Waals surface area contributed by atoms with E-state index in [2.05, 4.69) is 5.32 Å². The smallest absolute Gasteiger partial charge is 0.416 e. The van der Waals surface area contributed by atoms with Crippen LogP contribution in [0.5, 0.6) is 5.75 Å². The molecule has 2 aromatic rings. The van der Waals surface area contributed by atoms with Gasteiger partial charge in [-0.1, -0.05) is 26.0 Å². The third-order valence-electron chi connectivity index (χ3n) is 5.46. The first-order valence-electron chi connectivity index (χ1n) is 10.8. The molecule has 1 saturated heterocycles. The molecule has 0 aliphatic carbocycles. The molecule has 0 spiro atoms. The second kappa shape index (κ2) is 9.54. The summed E-state index contributed by atoms with van der Waals surface area (Å²) < 4.78 is 64.2. The number of carbonyl (C=O) groups excluding carboxylic acids is 1. The largest absolute Gasteiger partial charge is 0.489 e. The standard InChI is InChI=1S/C24H24F4N2O4/c1-14(2)23(31)34-30-10-9-21-20(12-30)29-22(33-21)18-8-7-17(11-19(18)25)32-13-15-3-5-16(6-4-15)24(26,27)28/h3-8,11-12,14,21-22,29H,9-10,13H2,1-2H3. The van der Waals surface area contributed by atoms with Crippen LogP contribution in [0.25, 0.3) is 0 Å². The molecule has 0 aromatic heterocycles. The highest BCUT2D eigenvalue weighted by atomic mass is 19.4. The highest BCUT2D eigenvalue weighted by Crippen LogP contribution is 2.34. The Bertz CT molecular complexity index is 1070. The van der Waals surface area contributed by atoms with Crippen LogP contribution in [0, 0.1) is 11.7 Å². The van der Waals surface area contributed by atoms with E-state index in [9.17, 15) is 22.4 Å². The molecule has 4 rings (SSSR count). The van der Waals surface area contributed by atoms with Crippen molar-refractivity contribution in [1.82, 2.24) is 10.4 Å². The van der Waals surface area contributed by atoms with Gasteiger partial charge in [0.1, 0.15) is 24.3 Å². The van der Waals surface area contributed by atoms with Gasteiger partial charge in [-0.05, 0) is 29.8 Å². The first-order chi connectivity index (χ1) is 16.1. The molecule has 2 unspecified atom stereocenters. The second-order valence-corrected chi connectivity index (χ2v) is 8.39. The SMILES string of the molecule is CC(C)C(=O)ON1C=C2NC(c3ccc(OCc4ccc(C(F)(F)F)cc4)cc3F)OC2CC1. The second-order valence-electron chi connectivity index (χ2n) is 8.39. The van der Waals surface area contributed by atoms with Gasteiger partial charge in [-0.25, -0.2) is 14.2 Å². The monoisotopic (exact) mass is 480 g/mol. The number of hydrogen-bond acceptors (Lipinski definition) is 6. The molecule has 0 radical (unpaired) electrons. The van der Waals surface area contributed by atoms with Crippen LogP contribution in [0.2, 0.25) is 0 Å². The van der Waals surface area contributed by atoms with Crippen molar-refractivity contribution < 1.29 is 36.7 Å². The quantitative estimate of drug-likeness (QED) is 0.583. The summed E-state index contributed by atoms with van der Waals surface area (Å²) in [5.41, 5.74) is 0.752. The maximum absolute atomic E-state index is 14.8. The molecule has 1 N–H and O–H groups in total. The van der Waals surface area contributed by atoms with E-state index in [1.54, 1.807) is 26.1 Å². The fraction of sp³-hybridized carbons (Fsp3) is 0.375. The first-order valence-corrected chi connectivity index (χ1v) is 10.8. The summed E-state index contributed by atoms with van der Waals surface area (Å²) in [4.78, 5) is 17.1. The van der Waals surface area contributed by atoms with E-state index in [1.807, 2.05) is 0 Å². The van der Waals surface area contributed by atoms with Gasteiger partial charge in [-0.3, -0.25) is 0 Å². The van der Waals surface area contributed by atoms with Crippen molar-refractivity contribution in [2.75, 3.05) is 6.54 Å². The number of benzene rings is 2. The number of hydrogen-bond donors (Lipinski definition) is 1. The van der Waals surface area contributed by atoms with Crippen LogP contribution in [0.15, 0.2) is 54.4 Å². The number of fused-ring (bicyclic) bond motifs is 1. The minimum Gasteiger partial charge on any atom is -0.489 e. The summed E-state index contributed by atoms with van der Waals surface area (Å²) in [5.74, 6) is -0.915. The lowest BCUT2D eigenvalue weighted by Crippen LogP contribution is -2.33. The Hall–Kier alpha value is -3.27. The van der Waals surface area contributed by atoms with Crippen LogP contribution in [0.3, 0.4) is 0 Å². The van der Waals surface area contributed by atoms with E-state index in [0.717, 1.165) is 12.1 Å². The highest BCUT2D eigenvalue weighted by molar-refractivity contribution is 5.71. The van der Waals surface area contributed by atoms with Gasteiger partial charge < -0.3 is 19.6 Å². The number of nitrogens with zero attached hydrogens (tertiary/aromatic N) is 1. The Morgan fingerprint density at radius 2 is 1.94 bits per heavy atom. The van der Waals surface area contributed by atoms with Gasteiger partial charge >= 0.3 is 12.1 Å². The summed E-state index contributed by atoms with van der Waals surface area (Å²) in [6.07, 6.45) is -3.18. The Balaban J connectivity index is 1.37. The summed E-state index contributed by atoms with van der Waals surface area (Å²) in [6, 6.07) is 8.90. The number of carbonyl (C=O) groups is 1. The molecule has 2 heterocycles. The van der Waals surface area contributed by atoms with E-state index in [-0.39, 0.29) is 35.9 Å². The molecular formula is C24H24F4N2O4. The van der Waals surface area contributed by atoms with Crippen LogP contribution in [0.4, 0.5) is 17.6 Å². The van der Waals surface area contributed by atoms with Crippen molar-refractivity contribution in [3.8, 4) is 5.75 Å². The zero-order valence-electron chi connectivity index (χ0n) is 18.6. The van der Waals surface area contributed by atoms with Crippen LogP contribution in [-0.4, -0.2) is 23.7 Å². The molecular weight excluding hydrogens is 456 g/mol. The molecule has 2 atom stereocenters. The van der Waals surface area contributed by atoms with Crippen LogP contribution in [-0.2, 0) is 27.2 Å². The van der Waals surface area contributed by atoms with Gasteiger partial charge in [0.25, 0.3) is 0 Å². The summed E-state index contributed by atoms with van der Waals surface area (Å²) in [6.45, 7) is 3.94. The van der Waals surface area contributed by atoms with Gasteiger partial charge in [0.15, 0.2) is 6.23 Å². The number of ether oxygens (including phenoxy) is 2. The Morgan fingerprint density at radius 1 is 1.21 bits per heavy atom. The van der Waals surface area contributed by atoms with Crippen molar-refractivity contribution in [3.05, 3.63) is 76.9 Å². The van der Waals surface area contributed by atoms with E-state index >= 15 is 0 Å². The van der Waals surface area contributed by atoms with Gasteiger partial charge in [0.2, 0.25) is 0 Å². The van der Waals surface area contributed by atoms with Crippen molar-refractivity contribution in [3.63, 3.8) is 0 Å². The van der Waals surface area contributed by atoms with Crippen molar-refractivity contribution in [1.29, 1.82) is 0 Å². The summed E-state index contributed by atoms with van der Waals surface area (Å²) in [7, 11) is 0. The number of alkyl halides is 3. The molecule has 182 valence electrons. The maximum atomic E-state index is 14.8. The van der Waals surface area contributed by atoms with Crippen LogP contribution >= 0.6 is 0 Å². The summed E-state index contributed by atoms with van der Waals surface area (Å²) >= 11 is 0. The van der Waals surface area contributed by atoms with E-state index in [0.29, 0.717) is 24.2 Å². The van der Waals surface area contributed by atoms with E-state index < -0.39 is 23.8 Å². The average Bonchev–Trinajstić information content (AvgIpc) is 3.20. The zero-order valence-corrected chi connectivity index (χ0v) is 18.6. The first kappa shape index (κ1) is 23.9. The fourth-order valence-electron chi connectivity index (χ4n) is 3.53. The Morgan fingerprint density at radius 3 is 2.59 bits per heavy atom. The predicted molar refractivity (Wildman–Crippen MR) is 113 cm³/mol. The summed E-state index contributed by atoms with van der Waals surface area (Å²) in [5, 5.41) is 4.56. The molecule has 2 aliphatic heterocycles. The number of hydroxylamine groups is 2. The fourth-order valence-corrected chi connectivity index (χ4v) is 3.53. The number of halogens is 4. The Labute approximate surface area is 194 Å². The van der Waals surface area contributed by atoms with Crippen LogP contribution < -0.4 is 10.1 Å². The van der Waals surface area contributed by atoms with Gasteiger partial charge in [0, 0.05) is 18.1 Å².